The predicted molar refractivity (Wildman–Crippen MR) is 98.3 cm³/mol. The number of fused-ring (bicyclic) bond motifs is 1. The Morgan fingerprint density at radius 3 is 2.68 bits per heavy atom. The van der Waals surface area contributed by atoms with Crippen LogP contribution in [-0.2, 0) is 26.4 Å². The molecule has 4 rings (SSSR count). The van der Waals surface area contributed by atoms with Crippen LogP contribution in [-0.4, -0.2) is 15.7 Å². The molecule has 0 fully saturated rings. The van der Waals surface area contributed by atoms with Gasteiger partial charge in [-0.2, -0.15) is 10.4 Å². The Morgan fingerprint density at radius 2 is 1.96 bits per heavy atom. The Hall–Kier alpha value is -3.53. The van der Waals surface area contributed by atoms with E-state index in [4.69, 9.17) is 5.26 Å². The van der Waals surface area contributed by atoms with E-state index in [1.165, 1.54) is 16.8 Å². The number of hydrogen-bond donors (Lipinski definition) is 1. The van der Waals surface area contributed by atoms with Crippen LogP contribution in [0, 0.1) is 23.0 Å². The summed E-state index contributed by atoms with van der Waals surface area (Å²) in [5, 5.41) is 16.2. The summed E-state index contributed by atoms with van der Waals surface area (Å²) in [5.74, 6) is -1.53. The Labute approximate surface area is 160 Å². The van der Waals surface area contributed by atoms with Crippen molar-refractivity contribution in [2.75, 3.05) is 0 Å². The average molecular weight is 378 g/mol. The molecule has 0 radical (unpaired) electrons. The molecule has 0 unspecified atom stereocenters. The molecule has 2 aromatic carbocycles. The first-order valence-corrected chi connectivity index (χ1v) is 8.78. The maximum atomic E-state index is 14.4. The SMILES string of the molecule is Cn1nc(CCc2cc3c(cc2-c2ccc(F)cc2F)C(=O)NC3)cc1C#N. The van der Waals surface area contributed by atoms with Crippen molar-refractivity contribution in [1.29, 1.82) is 5.26 Å². The number of rotatable bonds is 4. The smallest absolute Gasteiger partial charge is 0.251 e. The molecule has 3 aromatic rings. The predicted octanol–water partition coefficient (Wildman–Crippen LogP) is 3.27. The summed E-state index contributed by atoms with van der Waals surface area (Å²) in [6.07, 6.45) is 1.08. The number of carbonyl (C=O) groups excluding carboxylic acids is 1. The quantitative estimate of drug-likeness (QED) is 0.758. The van der Waals surface area contributed by atoms with Gasteiger partial charge < -0.3 is 5.32 Å². The topological polar surface area (TPSA) is 70.7 Å². The molecule has 1 aliphatic rings. The Bertz CT molecular complexity index is 1140. The molecule has 140 valence electrons. The minimum atomic E-state index is -0.677. The fourth-order valence-electron chi connectivity index (χ4n) is 3.51. The molecular weight excluding hydrogens is 362 g/mol. The molecule has 0 saturated heterocycles. The Balaban J connectivity index is 1.75. The molecule has 1 aromatic heterocycles. The van der Waals surface area contributed by atoms with Gasteiger partial charge in [-0.3, -0.25) is 9.48 Å². The monoisotopic (exact) mass is 378 g/mol. The number of aromatic nitrogens is 2. The largest absolute Gasteiger partial charge is 0.348 e. The molecule has 2 heterocycles. The number of nitrogens with zero attached hydrogens (tertiary/aromatic N) is 3. The van der Waals surface area contributed by atoms with Crippen molar-refractivity contribution in [1.82, 2.24) is 15.1 Å². The zero-order valence-corrected chi connectivity index (χ0v) is 15.1. The maximum absolute atomic E-state index is 14.4. The molecule has 0 saturated carbocycles. The lowest BCUT2D eigenvalue weighted by Crippen LogP contribution is -2.12. The summed E-state index contributed by atoms with van der Waals surface area (Å²) in [4.78, 5) is 12.0. The van der Waals surface area contributed by atoms with E-state index in [2.05, 4.69) is 16.5 Å². The van der Waals surface area contributed by atoms with Crippen molar-refractivity contribution in [3.05, 3.63) is 76.1 Å². The third-order valence-electron chi connectivity index (χ3n) is 4.93. The Kier molecular flexibility index (Phi) is 4.40. The van der Waals surface area contributed by atoms with Crippen LogP contribution in [0.1, 0.15) is 32.9 Å². The second-order valence-corrected chi connectivity index (χ2v) is 6.73. The highest BCUT2D eigenvalue weighted by Crippen LogP contribution is 2.32. The number of nitrogens with one attached hydrogen (secondary N) is 1. The third kappa shape index (κ3) is 3.14. The van der Waals surface area contributed by atoms with Gasteiger partial charge in [-0.1, -0.05) is 6.07 Å². The van der Waals surface area contributed by atoms with Crippen LogP contribution in [0.15, 0.2) is 36.4 Å². The van der Waals surface area contributed by atoms with Gasteiger partial charge in [-0.15, -0.1) is 0 Å². The number of nitriles is 1. The van der Waals surface area contributed by atoms with Crippen LogP contribution in [0.2, 0.25) is 0 Å². The summed E-state index contributed by atoms with van der Waals surface area (Å²) < 4.78 is 29.3. The van der Waals surface area contributed by atoms with Crippen LogP contribution in [0.25, 0.3) is 11.1 Å². The highest BCUT2D eigenvalue weighted by Gasteiger charge is 2.23. The highest BCUT2D eigenvalue weighted by atomic mass is 19.1. The van der Waals surface area contributed by atoms with Gasteiger partial charge >= 0.3 is 0 Å². The molecule has 7 heteroatoms. The Morgan fingerprint density at radius 1 is 1.14 bits per heavy atom. The second-order valence-electron chi connectivity index (χ2n) is 6.73. The van der Waals surface area contributed by atoms with Crippen LogP contribution in [0.4, 0.5) is 8.78 Å². The first-order valence-electron chi connectivity index (χ1n) is 8.78. The normalized spacial score (nSPS) is 12.6. The zero-order valence-electron chi connectivity index (χ0n) is 15.1. The summed E-state index contributed by atoms with van der Waals surface area (Å²) >= 11 is 0. The van der Waals surface area contributed by atoms with E-state index in [1.54, 1.807) is 19.2 Å². The van der Waals surface area contributed by atoms with Gasteiger partial charge in [-0.05, 0) is 53.8 Å². The fraction of sp³-hybridized carbons (Fsp3) is 0.190. The minimum absolute atomic E-state index is 0.200. The number of aryl methyl sites for hydroxylation is 3. The van der Waals surface area contributed by atoms with Crippen molar-refractivity contribution >= 4 is 5.91 Å². The fourth-order valence-corrected chi connectivity index (χ4v) is 3.51. The molecule has 1 aliphatic heterocycles. The molecule has 1 N–H and O–H groups in total. The third-order valence-corrected chi connectivity index (χ3v) is 4.93. The number of hydrogen-bond acceptors (Lipinski definition) is 3. The summed E-state index contributed by atoms with van der Waals surface area (Å²) in [6, 6.07) is 10.8. The van der Waals surface area contributed by atoms with Gasteiger partial charge in [0.15, 0.2) is 0 Å². The van der Waals surface area contributed by atoms with Crippen LogP contribution >= 0.6 is 0 Å². The van der Waals surface area contributed by atoms with Crippen molar-refractivity contribution in [3.8, 4) is 17.2 Å². The highest BCUT2D eigenvalue weighted by molar-refractivity contribution is 5.99. The van der Waals surface area contributed by atoms with E-state index < -0.39 is 11.6 Å². The van der Waals surface area contributed by atoms with E-state index in [1.807, 2.05) is 6.07 Å². The number of halogens is 2. The number of benzene rings is 2. The molecule has 1 amide bonds. The lowest BCUT2D eigenvalue weighted by atomic mass is 9.91. The maximum Gasteiger partial charge on any atom is 0.251 e. The van der Waals surface area contributed by atoms with Gasteiger partial charge in [-0.25, -0.2) is 8.78 Å². The summed E-state index contributed by atoms with van der Waals surface area (Å²) in [6.45, 7) is 0.426. The van der Waals surface area contributed by atoms with Crippen molar-refractivity contribution in [2.45, 2.75) is 19.4 Å². The van der Waals surface area contributed by atoms with Crippen molar-refractivity contribution in [2.24, 2.45) is 7.05 Å². The minimum Gasteiger partial charge on any atom is -0.348 e. The number of amides is 1. The molecule has 0 spiro atoms. The lowest BCUT2D eigenvalue weighted by Gasteiger charge is -2.13. The number of carbonyl (C=O) groups is 1. The van der Waals surface area contributed by atoms with E-state index in [9.17, 15) is 13.6 Å². The van der Waals surface area contributed by atoms with Crippen LogP contribution in [0.5, 0.6) is 0 Å². The molecule has 0 bridgehead atoms. The van der Waals surface area contributed by atoms with Crippen molar-refractivity contribution in [3.63, 3.8) is 0 Å². The van der Waals surface area contributed by atoms with Gasteiger partial charge in [0.2, 0.25) is 0 Å². The van der Waals surface area contributed by atoms with E-state index in [0.717, 1.165) is 22.9 Å². The summed E-state index contributed by atoms with van der Waals surface area (Å²) in [5.41, 5.74) is 4.22. The average Bonchev–Trinajstić information content (AvgIpc) is 3.21. The van der Waals surface area contributed by atoms with E-state index >= 15 is 0 Å². The first kappa shape index (κ1) is 17.9. The molecule has 0 aliphatic carbocycles. The van der Waals surface area contributed by atoms with Gasteiger partial charge in [0.05, 0.1) is 5.69 Å². The van der Waals surface area contributed by atoms with Gasteiger partial charge in [0.25, 0.3) is 5.91 Å². The van der Waals surface area contributed by atoms with E-state index in [0.29, 0.717) is 36.2 Å². The van der Waals surface area contributed by atoms with Gasteiger partial charge in [0, 0.05) is 30.8 Å². The van der Waals surface area contributed by atoms with E-state index in [-0.39, 0.29) is 11.5 Å². The second kappa shape index (κ2) is 6.89. The summed E-state index contributed by atoms with van der Waals surface area (Å²) in [7, 11) is 1.70. The molecule has 0 atom stereocenters. The lowest BCUT2D eigenvalue weighted by molar-refractivity contribution is 0.0966. The molecule has 28 heavy (non-hydrogen) atoms. The zero-order chi connectivity index (χ0) is 19.8. The van der Waals surface area contributed by atoms with Crippen molar-refractivity contribution < 1.29 is 13.6 Å². The van der Waals surface area contributed by atoms with Crippen LogP contribution < -0.4 is 5.32 Å². The van der Waals surface area contributed by atoms with Gasteiger partial charge in [0.1, 0.15) is 23.4 Å². The molecule has 5 nitrogen and oxygen atoms in total. The van der Waals surface area contributed by atoms with Crippen LogP contribution in [0.3, 0.4) is 0 Å². The standard InChI is InChI=1S/C21H16F2N4O/c1-27-16(10-24)8-15(26-27)4-2-12-6-13-11-25-21(28)19(13)9-18(12)17-5-3-14(22)7-20(17)23/h3,5-9H,2,4,11H2,1H3,(H,25,28). The first-order chi connectivity index (χ1) is 13.5. The molecular formula is C21H16F2N4O.